The number of fused-ring (bicyclic) bond motifs is 2. The number of benzene rings is 1. The standard InChI is InChI=1S/C11H6ClNO2S/c12-6-2-1-3-7-9(6)15-8-4-5-16-10(8)11(14)13-7/h1-5H,(H,13,14). The van der Waals surface area contributed by atoms with Crippen LogP contribution in [0.2, 0.25) is 5.02 Å². The van der Waals surface area contributed by atoms with Crippen molar-refractivity contribution in [2.24, 2.45) is 0 Å². The maximum Gasteiger partial charge on any atom is 0.269 e. The van der Waals surface area contributed by atoms with Crippen LogP contribution < -0.4 is 10.1 Å². The molecular formula is C11H6ClNO2S. The number of thiophene rings is 1. The average Bonchev–Trinajstić information content (AvgIpc) is 2.66. The number of nitrogens with one attached hydrogen (secondary N) is 1. The first-order valence-corrected chi connectivity index (χ1v) is 5.86. The Balaban J connectivity index is 2.21. The third-order valence-corrected chi connectivity index (χ3v) is 3.45. The molecule has 0 saturated carbocycles. The van der Waals surface area contributed by atoms with E-state index in [4.69, 9.17) is 16.3 Å². The minimum atomic E-state index is -0.161. The molecule has 0 fully saturated rings. The zero-order chi connectivity index (χ0) is 11.1. The van der Waals surface area contributed by atoms with Gasteiger partial charge in [0.25, 0.3) is 5.91 Å². The lowest BCUT2D eigenvalue weighted by atomic mass is 10.3. The molecule has 0 aliphatic carbocycles. The number of rotatable bonds is 0. The number of amides is 1. The molecule has 1 aliphatic rings. The molecule has 0 bridgehead atoms. The molecule has 3 nitrogen and oxygen atoms in total. The summed E-state index contributed by atoms with van der Waals surface area (Å²) in [6.07, 6.45) is 0. The van der Waals surface area contributed by atoms with Gasteiger partial charge in [0, 0.05) is 0 Å². The summed E-state index contributed by atoms with van der Waals surface area (Å²) in [6, 6.07) is 7.02. The summed E-state index contributed by atoms with van der Waals surface area (Å²) in [5.41, 5.74) is 0.598. The number of ether oxygens (including phenoxy) is 1. The van der Waals surface area contributed by atoms with Crippen LogP contribution in [0.25, 0.3) is 0 Å². The van der Waals surface area contributed by atoms with Gasteiger partial charge in [0.15, 0.2) is 11.5 Å². The van der Waals surface area contributed by atoms with Crippen LogP contribution in [0.15, 0.2) is 29.6 Å². The Morgan fingerprint density at radius 1 is 1.31 bits per heavy atom. The van der Waals surface area contributed by atoms with E-state index < -0.39 is 0 Å². The second kappa shape index (κ2) is 3.50. The highest BCUT2D eigenvalue weighted by Crippen LogP contribution is 2.41. The Kier molecular flexibility index (Phi) is 2.12. The largest absolute Gasteiger partial charge is 0.452 e. The Bertz CT molecular complexity index is 579. The van der Waals surface area contributed by atoms with Crippen molar-refractivity contribution in [2.75, 3.05) is 5.32 Å². The minimum Gasteiger partial charge on any atom is -0.452 e. The van der Waals surface area contributed by atoms with E-state index in [0.717, 1.165) is 0 Å². The van der Waals surface area contributed by atoms with Crippen molar-refractivity contribution >= 4 is 34.5 Å². The summed E-state index contributed by atoms with van der Waals surface area (Å²) in [6.45, 7) is 0. The van der Waals surface area contributed by atoms with Gasteiger partial charge in [-0.1, -0.05) is 17.7 Å². The predicted octanol–water partition coefficient (Wildman–Crippen LogP) is 3.76. The fourth-order valence-electron chi connectivity index (χ4n) is 1.54. The van der Waals surface area contributed by atoms with E-state index in [9.17, 15) is 4.79 Å². The monoisotopic (exact) mass is 251 g/mol. The van der Waals surface area contributed by atoms with E-state index in [0.29, 0.717) is 27.1 Å². The van der Waals surface area contributed by atoms with Gasteiger partial charge in [-0.2, -0.15) is 0 Å². The van der Waals surface area contributed by atoms with Gasteiger partial charge in [0.2, 0.25) is 0 Å². The molecule has 2 aromatic rings. The minimum absolute atomic E-state index is 0.161. The van der Waals surface area contributed by atoms with Gasteiger partial charge in [-0.05, 0) is 23.6 Å². The van der Waals surface area contributed by atoms with E-state index in [-0.39, 0.29) is 5.91 Å². The van der Waals surface area contributed by atoms with Crippen LogP contribution in [0.3, 0.4) is 0 Å². The van der Waals surface area contributed by atoms with Crippen molar-refractivity contribution in [3.8, 4) is 11.5 Å². The van der Waals surface area contributed by atoms with Crippen molar-refractivity contribution < 1.29 is 9.53 Å². The Morgan fingerprint density at radius 2 is 2.19 bits per heavy atom. The van der Waals surface area contributed by atoms with Gasteiger partial charge in [-0.3, -0.25) is 4.79 Å². The molecule has 1 aromatic heterocycles. The van der Waals surface area contributed by atoms with Crippen LogP contribution >= 0.6 is 22.9 Å². The zero-order valence-electron chi connectivity index (χ0n) is 7.99. The van der Waals surface area contributed by atoms with Crippen LogP contribution in [-0.4, -0.2) is 5.91 Å². The first-order chi connectivity index (χ1) is 7.75. The lowest BCUT2D eigenvalue weighted by molar-refractivity contribution is 0.103. The third kappa shape index (κ3) is 1.38. The van der Waals surface area contributed by atoms with Gasteiger partial charge in [0.1, 0.15) is 4.88 Å². The molecular weight excluding hydrogens is 246 g/mol. The van der Waals surface area contributed by atoms with Crippen LogP contribution in [-0.2, 0) is 0 Å². The summed E-state index contributed by atoms with van der Waals surface area (Å²) in [5, 5.41) is 5.06. The first-order valence-electron chi connectivity index (χ1n) is 4.61. The zero-order valence-corrected chi connectivity index (χ0v) is 9.56. The van der Waals surface area contributed by atoms with Gasteiger partial charge in [0.05, 0.1) is 10.7 Å². The molecule has 5 heteroatoms. The van der Waals surface area contributed by atoms with E-state index in [1.165, 1.54) is 11.3 Å². The SMILES string of the molecule is O=C1Nc2cccc(Cl)c2Oc2ccsc21. The number of para-hydroxylation sites is 1. The second-order valence-corrected chi connectivity index (χ2v) is 4.61. The van der Waals surface area contributed by atoms with Crippen molar-refractivity contribution in [2.45, 2.75) is 0 Å². The Labute approximate surface area is 101 Å². The van der Waals surface area contributed by atoms with Gasteiger partial charge >= 0.3 is 0 Å². The van der Waals surface area contributed by atoms with Gasteiger partial charge in [-0.25, -0.2) is 0 Å². The average molecular weight is 252 g/mol. The first kappa shape index (κ1) is 9.69. The van der Waals surface area contributed by atoms with Crippen molar-refractivity contribution in [1.82, 2.24) is 0 Å². The molecule has 0 atom stereocenters. The molecule has 0 saturated heterocycles. The third-order valence-electron chi connectivity index (χ3n) is 2.26. The van der Waals surface area contributed by atoms with Crippen molar-refractivity contribution in [3.63, 3.8) is 0 Å². The fraction of sp³-hybridized carbons (Fsp3) is 0. The van der Waals surface area contributed by atoms with Crippen molar-refractivity contribution in [1.29, 1.82) is 0 Å². The molecule has 1 aliphatic heterocycles. The summed E-state index contributed by atoms with van der Waals surface area (Å²) in [4.78, 5) is 12.4. The maximum atomic E-state index is 11.8. The molecule has 0 unspecified atom stereocenters. The molecule has 1 amide bonds. The molecule has 0 radical (unpaired) electrons. The van der Waals surface area contributed by atoms with E-state index >= 15 is 0 Å². The van der Waals surface area contributed by atoms with Crippen LogP contribution in [0, 0.1) is 0 Å². The summed E-state index contributed by atoms with van der Waals surface area (Å²) in [5.74, 6) is 0.884. The lowest BCUT2D eigenvalue weighted by Crippen LogP contribution is -2.08. The van der Waals surface area contributed by atoms with E-state index in [2.05, 4.69) is 5.32 Å². The number of carbonyl (C=O) groups is 1. The van der Waals surface area contributed by atoms with E-state index in [1.54, 1.807) is 24.3 Å². The summed E-state index contributed by atoms with van der Waals surface area (Å²) in [7, 11) is 0. The maximum absolute atomic E-state index is 11.8. The molecule has 3 rings (SSSR count). The second-order valence-electron chi connectivity index (χ2n) is 3.29. The van der Waals surface area contributed by atoms with Crippen LogP contribution in [0.1, 0.15) is 9.67 Å². The Morgan fingerprint density at radius 3 is 3.06 bits per heavy atom. The number of hydrogen-bond acceptors (Lipinski definition) is 3. The van der Waals surface area contributed by atoms with Gasteiger partial charge < -0.3 is 10.1 Å². The van der Waals surface area contributed by atoms with Crippen LogP contribution in [0.4, 0.5) is 5.69 Å². The van der Waals surface area contributed by atoms with Gasteiger partial charge in [-0.15, -0.1) is 11.3 Å². The smallest absolute Gasteiger partial charge is 0.269 e. The quantitative estimate of drug-likeness (QED) is 0.774. The molecule has 1 aromatic carbocycles. The molecule has 1 N–H and O–H groups in total. The summed E-state index contributed by atoms with van der Waals surface area (Å²) < 4.78 is 5.64. The number of anilines is 1. The molecule has 0 spiro atoms. The number of hydrogen-bond donors (Lipinski definition) is 1. The highest BCUT2D eigenvalue weighted by Gasteiger charge is 2.23. The van der Waals surface area contributed by atoms with Crippen molar-refractivity contribution in [3.05, 3.63) is 39.5 Å². The molecule has 2 heterocycles. The molecule has 80 valence electrons. The highest BCUT2D eigenvalue weighted by molar-refractivity contribution is 7.12. The van der Waals surface area contributed by atoms with Crippen LogP contribution in [0.5, 0.6) is 11.5 Å². The fourth-order valence-corrected chi connectivity index (χ4v) is 2.47. The number of carbonyl (C=O) groups excluding carboxylic acids is 1. The topological polar surface area (TPSA) is 38.3 Å². The van der Waals surface area contributed by atoms with E-state index in [1.807, 2.05) is 5.38 Å². The normalized spacial score (nSPS) is 13.2. The highest BCUT2D eigenvalue weighted by atomic mass is 35.5. The predicted molar refractivity (Wildman–Crippen MR) is 63.8 cm³/mol. The lowest BCUT2D eigenvalue weighted by Gasteiger charge is -2.07. The number of halogens is 1. The summed E-state index contributed by atoms with van der Waals surface area (Å²) >= 11 is 7.37. The Hall–Kier alpha value is -1.52. The molecule has 16 heavy (non-hydrogen) atoms.